The van der Waals surface area contributed by atoms with Crippen LogP contribution in [-0.4, -0.2) is 12.6 Å². The predicted octanol–water partition coefficient (Wildman–Crippen LogP) is 3.92. The number of hydrogen-bond acceptors (Lipinski definition) is 2. The molecule has 2 heteroatoms. The summed E-state index contributed by atoms with van der Waals surface area (Å²) < 4.78 is 5.48. The van der Waals surface area contributed by atoms with Crippen LogP contribution in [0.1, 0.15) is 38.2 Å². The van der Waals surface area contributed by atoms with Crippen LogP contribution in [0.3, 0.4) is 0 Å². The van der Waals surface area contributed by atoms with E-state index in [0.717, 1.165) is 18.2 Å². The quantitative estimate of drug-likeness (QED) is 0.749. The van der Waals surface area contributed by atoms with Gasteiger partial charge in [-0.15, -0.1) is 0 Å². The summed E-state index contributed by atoms with van der Waals surface area (Å²) in [5.41, 5.74) is 1.32. The van der Waals surface area contributed by atoms with Gasteiger partial charge in [-0.2, -0.15) is 0 Å². The SMILES string of the molecule is C=CCOc1ccc(CNC(C)C2CCCC2)cc1. The highest BCUT2D eigenvalue weighted by Crippen LogP contribution is 2.27. The molecule has 0 aliphatic heterocycles. The van der Waals surface area contributed by atoms with Crippen LogP contribution < -0.4 is 10.1 Å². The van der Waals surface area contributed by atoms with E-state index >= 15 is 0 Å². The van der Waals surface area contributed by atoms with Crippen molar-refractivity contribution in [3.8, 4) is 5.75 Å². The Kier molecular flexibility index (Phi) is 5.46. The maximum absolute atomic E-state index is 5.48. The van der Waals surface area contributed by atoms with Crippen LogP contribution in [0.2, 0.25) is 0 Å². The summed E-state index contributed by atoms with van der Waals surface area (Å²) in [5, 5.41) is 3.65. The lowest BCUT2D eigenvalue weighted by atomic mass is 9.99. The smallest absolute Gasteiger partial charge is 0.119 e. The minimum Gasteiger partial charge on any atom is -0.490 e. The van der Waals surface area contributed by atoms with Crippen molar-refractivity contribution in [2.75, 3.05) is 6.61 Å². The molecule has 0 heterocycles. The van der Waals surface area contributed by atoms with E-state index in [9.17, 15) is 0 Å². The molecule has 1 atom stereocenters. The van der Waals surface area contributed by atoms with Crippen molar-refractivity contribution < 1.29 is 4.74 Å². The van der Waals surface area contributed by atoms with Gasteiger partial charge in [0.1, 0.15) is 12.4 Å². The highest BCUT2D eigenvalue weighted by Gasteiger charge is 2.20. The molecule has 0 aromatic heterocycles. The van der Waals surface area contributed by atoms with Gasteiger partial charge >= 0.3 is 0 Å². The van der Waals surface area contributed by atoms with Crippen molar-refractivity contribution in [3.63, 3.8) is 0 Å². The minimum absolute atomic E-state index is 0.566. The molecular weight excluding hydrogens is 234 g/mol. The molecule has 19 heavy (non-hydrogen) atoms. The fourth-order valence-corrected chi connectivity index (χ4v) is 2.76. The Balaban J connectivity index is 1.77. The van der Waals surface area contributed by atoms with E-state index in [4.69, 9.17) is 4.74 Å². The summed E-state index contributed by atoms with van der Waals surface area (Å²) in [7, 11) is 0. The van der Waals surface area contributed by atoms with E-state index in [1.54, 1.807) is 6.08 Å². The van der Waals surface area contributed by atoms with Crippen LogP contribution in [-0.2, 0) is 6.54 Å². The van der Waals surface area contributed by atoms with Crippen molar-refractivity contribution >= 4 is 0 Å². The molecule has 104 valence electrons. The lowest BCUT2D eigenvalue weighted by molar-refractivity contribution is 0.362. The Labute approximate surface area is 116 Å². The molecule has 0 bridgehead atoms. The Morgan fingerprint density at radius 2 is 2.00 bits per heavy atom. The van der Waals surface area contributed by atoms with Crippen LogP contribution in [0, 0.1) is 5.92 Å². The summed E-state index contributed by atoms with van der Waals surface area (Å²) in [6.45, 7) is 7.47. The third-order valence-electron chi connectivity index (χ3n) is 4.03. The van der Waals surface area contributed by atoms with Crippen molar-refractivity contribution in [3.05, 3.63) is 42.5 Å². The predicted molar refractivity (Wildman–Crippen MR) is 80.4 cm³/mol. The van der Waals surface area contributed by atoms with Gasteiger partial charge in [-0.1, -0.05) is 37.6 Å². The van der Waals surface area contributed by atoms with Crippen LogP contribution in [0.4, 0.5) is 0 Å². The largest absolute Gasteiger partial charge is 0.490 e. The van der Waals surface area contributed by atoms with E-state index < -0.39 is 0 Å². The first-order valence-electron chi connectivity index (χ1n) is 7.35. The first-order chi connectivity index (χ1) is 9.29. The lowest BCUT2D eigenvalue weighted by Crippen LogP contribution is -2.31. The van der Waals surface area contributed by atoms with Gasteiger partial charge < -0.3 is 10.1 Å². The standard InChI is InChI=1S/C17H25NO/c1-3-12-19-17-10-8-15(9-11-17)13-18-14(2)16-6-4-5-7-16/h3,8-11,14,16,18H,1,4-7,12-13H2,2H3. The van der Waals surface area contributed by atoms with Gasteiger partial charge in [-0.05, 0) is 43.4 Å². The van der Waals surface area contributed by atoms with E-state index in [2.05, 4.69) is 31.0 Å². The second-order valence-corrected chi connectivity index (χ2v) is 5.46. The number of ether oxygens (including phenoxy) is 1. The number of rotatable bonds is 7. The summed E-state index contributed by atoms with van der Waals surface area (Å²) in [5.74, 6) is 1.78. The first-order valence-corrected chi connectivity index (χ1v) is 7.35. The van der Waals surface area contributed by atoms with Gasteiger partial charge in [-0.3, -0.25) is 0 Å². The third-order valence-corrected chi connectivity index (χ3v) is 4.03. The van der Waals surface area contributed by atoms with Gasteiger partial charge in [-0.25, -0.2) is 0 Å². The first kappa shape index (κ1) is 14.1. The minimum atomic E-state index is 0.566. The Morgan fingerprint density at radius 3 is 2.63 bits per heavy atom. The maximum Gasteiger partial charge on any atom is 0.119 e. The summed E-state index contributed by atoms with van der Waals surface area (Å²) in [4.78, 5) is 0. The topological polar surface area (TPSA) is 21.3 Å². The van der Waals surface area contributed by atoms with Gasteiger partial charge in [0.15, 0.2) is 0 Å². The molecular formula is C17H25NO. The van der Waals surface area contributed by atoms with E-state index in [0.29, 0.717) is 12.6 Å². The number of hydrogen-bond donors (Lipinski definition) is 1. The molecule has 1 N–H and O–H groups in total. The molecule has 2 nitrogen and oxygen atoms in total. The molecule has 1 aliphatic rings. The van der Waals surface area contributed by atoms with Crippen LogP contribution >= 0.6 is 0 Å². The number of nitrogens with one attached hydrogen (secondary N) is 1. The summed E-state index contributed by atoms with van der Waals surface area (Å²) in [6, 6.07) is 8.94. The van der Waals surface area contributed by atoms with E-state index in [-0.39, 0.29) is 0 Å². The fraction of sp³-hybridized carbons (Fsp3) is 0.529. The zero-order valence-corrected chi connectivity index (χ0v) is 11.9. The normalized spacial score (nSPS) is 17.3. The number of benzene rings is 1. The molecule has 1 fully saturated rings. The zero-order valence-electron chi connectivity index (χ0n) is 11.9. The van der Waals surface area contributed by atoms with Crippen LogP contribution in [0.15, 0.2) is 36.9 Å². The van der Waals surface area contributed by atoms with Crippen molar-refractivity contribution in [1.82, 2.24) is 5.32 Å². The van der Waals surface area contributed by atoms with Gasteiger partial charge in [0.05, 0.1) is 0 Å². The Morgan fingerprint density at radius 1 is 1.32 bits per heavy atom. The second-order valence-electron chi connectivity index (χ2n) is 5.46. The molecule has 1 saturated carbocycles. The molecule has 0 amide bonds. The Bertz CT molecular complexity index is 379. The lowest BCUT2D eigenvalue weighted by Gasteiger charge is -2.20. The zero-order chi connectivity index (χ0) is 13.5. The van der Waals surface area contributed by atoms with Gasteiger partial charge in [0, 0.05) is 12.6 Å². The summed E-state index contributed by atoms with van der Waals surface area (Å²) >= 11 is 0. The molecule has 1 aromatic rings. The molecule has 1 aromatic carbocycles. The highest BCUT2D eigenvalue weighted by atomic mass is 16.5. The monoisotopic (exact) mass is 259 g/mol. The van der Waals surface area contributed by atoms with Crippen LogP contribution in [0.25, 0.3) is 0 Å². The third kappa shape index (κ3) is 4.39. The van der Waals surface area contributed by atoms with Crippen molar-refractivity contribution in [2.45, 2.75) is 45.2 Å². The fourth-order valence-electron chi connectivity index (χ4n) is 2.76. The average molecular weight is 259 g/mol. The molecule has 2 rings (SSSR count). The average Bonchev–Trinajstić information content (AvgIpc) is 2.98. The van der Waals surface area contributed by atoms with E-state index in [1.165, 1.54) is 31.2 Å². The van der Waals surface area contributed by atoms with Crippen molar-refractivity contribution in [1.29, 1.82) is 0 Å². The molecule has 1 aliphatic carbocycles. The Hall–Kier alpha value is -1.28. The van der Waals surface area contributed by atoms with Gasteiger partial charge in [0.25, 0.3) is 0 Å². The molecule has 0 saturated heterocycles. The molecule has 0 spiro atoms. The molecule has 0 radical (unpaired) electrons. The second kappa shape index (κ2) is 7.34. The molecule has 1 unspecified atom stereocenters. The van der Waals surface area contributed by atoms with Gasteiger partial charge in [0.2, 0.25) is 0 Å². The maximum atomic E-state index is 5.48. The van der Waals surface area contributed by atoms with Crippen LogP contribution in [0.5, 0.6) is 5.75 Å². The van der Waals surface area contributed by atoms with E-state index in [1.807, 2.05) is 12.1 Å². The van der Waals surface area contributed by atoms with Crippen molar-refractivity contribution in [2.24, 2.45) is 5.92 Å². The highest BCUT2D eigenvalue weighted by molar-refractivity contribution is 5.27. The summed E-state index contributed by atoms with van der Waals surface area (Å²) in [6.07, 6.45) is 7.36.